The van der Waals surface area contributed by atoms with Crippen LogP contribution in [0, 0.1) is 0 Å². The molecule has 0 radical (unpaired) electrons. The fraction of sp³-hybridized carbons (Fsp3) is 0.214. The van der Waals surface area contributed by atoms with Gasteiger partial charge in [-0.15, -0.1) is 0 Å². The van der Waals surface area contributed by atoms with Crippen LogP contribution in [0.25, 0.3) is 17.0 Å². The maximum absolute atomic E-state index is 6.25. The van der Waals surface area contributed by atoms with Crippen molar-refractivity contribution in [3.8, 4) is 5.69 Å². The van der Waals surface area contributed by atoms with Crippen LogP contribution in [0.3, 0.4) is 0 Å². The van der Waals surface area contributed by atoms with E-state index in [0.29, 0.717) is 11.5 Å². The molecule has 0 fully saturated rings. The molecule has 0 amide bonds. The van der Waals surface area contributed by atoms with Crippen LogP contribution < -0.4 is 16.9 Å². The topological polar surface area (TPSA) is 94.2 Å². The fourth-order valence-corrected chi connectivity index (χ4v) is 2.61. The molecular weight excluding hydrogens is 420 g/mol. The molecule has 0 spiro atoms. The Morgan fingerprint density at radius 2 is 1.68 bits per heavy atom. The minimum absolute atomic E-state index is 0.551. The summed E-state index contributed by atoms with van der Waals surface area (Å²) in [7, 11) is 0. The number of allylic oxidation sites excluding steroid dienone is 3. The number of hydrogen-bond acceptors (Lipinski definition) is 5. The zero-order valence-electron chi connectivity index (χ0n) is 21.4. The second kappa shape index (κ2) is 17.5. The quantitative estimate of drug-likeness (QED) is 0.207. The maximum atomic E-state index is 6.25. The highest BCUT2D eigenvalue weighted by atomic mass is 15.3. The van der Waals surface area contributed by atoms with E-state index in [0.717, 1.165) is 28.1 Å². The Morgan fingerprint density at radius 3 is 2.21 bits per heavy atom. The molecule has 0 saturated heterocycles. The van der Waals surface area contributed by atoms with E-state index in [2.05, 4.69) is 28.7 Å². The lowest BCUT2D eigenvalue weighted by Crippen LogP contribution is -2.04. The van der Waals surface area contributed by atoms with Gasteiger partial charge in [-0.25, -0.2) is 4.68 Å². The summed E-state index contributed by atoms with van der Waals surface area (Å²) < 4.78 is 1.70. The second-order valence-corrected chi connectivity index (χ2v) is 6.48. The monoisotopic (exact) mass is 460 g/mol. The predicted molar refractivity (Wildman–Crippen MR) is 152 cm³/mol. The molecule has 5 N–H and O–H groups in total. The zero-order chi connectivity index (χ0) is 25.9. The van der Waals surface area contributed by atoms with Crippen molar-refractivity contribution >= 4 is 29.0 Å². The number of para-hydroxylation sites is 1. The molecule has 3 aromatic rings. The Kier molecular flexibility index (Phi) is 15.4. The van der Waals surface area contributed by atoms with Crippen LogP contribution in [0.2, 0.25) is 0 Å². The minimum atomic E-state index is 0.551. The van der Waals surface area contributed by atoms with E-state index in [1.54, 1.807) is 17.0 Å². The van der Waals surface area contributed by atoms with Gasteiger partial charge in [0.2, 0.25) is 0 Å². The summed E-state index contributed by atoms with van der Waals surface area (Å²) in [5.74, 6) is 5.28. The van der Waals surface area contributed by atoms with Gasteiger partial charge < -0.3 is 16.9 Å². The number of anilines is 2. The molecule has 1 heterocycles. The SMILES string of the molecule is C/C=C/C=N\N.C=C(C)c1cccc(NC(=C)c2cnn(-c3ccccc3)c2N)c1.CC.CC. The highest BCUT2D eigenvalue weighted by Gasteiger charge is 2.12. The van der Waals surface area contributed by atoms with Gasteiger partial charge in [-0.1, -0.05) is 82.8 Å². The van der Waals surface area contributed by atoms with E-state index in [9.17, 15) is 0 Å². The molecule has 34 heavy (non-hydrogen) atoms. The number of nitrogens with zero attached hydrogens (tertiary/aromatic N) is 3. The van der Waals surface area contributed by atoms with Gasteiger partial charge in [0.25, 0.3) is 0 Å². The fourth-order valence-electron chi connectivity index (χ4n) is 2.61. The summed E-state index contributed by atoms with van der Waals surface area (Å²) >= 11 is 0. The average molecular weight is 461 g/mol. The lowest BCUT2D eigenvalue weighted by Gasteiger charge is -2.11. The zero-order valence-corrected chi connectivity index (χ0v) is 21.4. The molecule has 2 aromatic carbocycles. The van der Waals surface area contributed by atoms with Gasteiger partial charge in [0.15, 0.2) is 0 Å². The summed E-state index contributed by atoms with van der Waals surface area (Å²) in [4.78, 5) is 0. The third kappa shape index (κ3) is 9.61. The van der Waals surface area contributed by atoms with Crippen LogP contribution in [0.5, 0.6) is 0 Å². The van der Waals surface area contributed by atoms with Crippen LogP contribution in [0.4, 0.5) is 11.5 Å². The summed E-state index contributed by atoms with van der Waals surface area (Å²) in [5.41, 5.74) is 11.7. The molecule has 0 aliphatic rings. The third-order valence-electron chi connectivity index (χ3n) is 4.15. The summed E-state index contributed by atoms with van der Waals surface area (Å²) in [6.45, 7) is 20.0. The molecule has 0 saturated carbocycles. The number of hydrogen-bond donors (Lipinski definition) is 3. The Balaban J connectivity index is 0.000000938. The molecule has 0 bridgehead atoms. The molecule has 0 atom stereocenters. The van der Waals surface area contributed by atoms with E-state index < -0.39 is 0 Å². The summed E-state index contributed by atoms with van der Waals surface area (Å²) in [6.07, 6.45) is 6.87. The normalized spacial score (nSPS) is 9.71. The Morgan fingerprint density at radius 1 is 1.03 bits per heavy atom. The smallest absolute Gasteiger partial charge is 0.136 e. The first kappa shape index (κ1) is 29.9. The third-order valence-corrected chi connectivity index (χ3v) is 4.15. The Hall–Kier alpha value is -4.06. The van der Waals surface area contributed by atoms with Gasteiger partial charge >= 0.3 is 0 Å². The van der Waals surface area contributed by atoms with Crippen molar-refractivity contribution in [3.63, 3.8) is 0 Å². The number of rotatable bonds is 6. The molecule has 6 heteroatoms. The van der Waals surface area contributed by atoms with Crippen molar-refractivity contribution < 1.29 is 0 Å². The number of nitrogens with one attached hydrogen (secondary N) is 1. The van der Waals surface area contributed by atoms with E-state index in [-0.39, 0.29) is 0 Å². The van der Waals surface area contributed by atoms with E-state index in [4.69, 9.17) is 11.6 Å². The van der Waals surface area contributed by atoms with Crippen molar-refractivity contribution in [1.82, 2.24) is 9.78 Å². The lowest BCUT2D eigenvalue weighted by atomic mass is 10.1. The van der Waals surface area contributed by atoms with Gasteiger partial charge in [-0.2, -0.15) is 10.2 Å². The van der Waals surface area contributed by atoms with Crippen LogP contribution in [-0.4, -0.2) is 16.0 Å². The largest absolute Gasteiger partial charge is 0.383 e. The van der Waals surface area contributed by atoms with E-state index in [1.807, 2.05) is 102 Å². The molecular formula is C28H40N6. The first-order chi connectivity index (χ1) is 16.5. The summed E-state index contributed by atoms with van der Waals surface area (Å²) in [5, 5.41) is 10.9. The van der Waals surface area contributed by atoms with Crippen molar-refractivity contribution in [2.45, 2.75) is 41.5 Å². The number of aromatic nitrogens is 2. The van der Waals surface area contributed by atoms with Crippen molar-refractivity contribution in [2.24, 2.45) is 10.9 Å². The number of nitrogens with two attached hydrogens (primary N) is 2. The van der Waals surface area contributed by atoms with Gasteiger partial charge in [0.1, 0.15) is 5.82 Å². The Bertz CT molecular complexity index is 1040. The summed E-state index contributed by atoms with van der Waals surface area (Å²) in [6, 6.07) is 17.8. The maximum Gasteiger partial charge on any atom is 0.136 e. The standard InChI is InChI=1S/C20H20N4.C4H8N2.2C2H6/c1-14(2)16-8-7-9-17(12-16)23-15(3)19-13-22-24(20(19)21)18-10-5-4-6-11-18;1-2-3-4-6-5;2*1-2/h4-13,23H,1,3,21H2,2H3;2-4H,5H2,1H3;2*1-2H3/b;3-2+,6-4-;;. The van der Waals surface area contributed by atoms with Crippen LogP contribution in [-0.2, 0) is 0 Å². The number of hydrazone groups is 1. The van der Waals surface area contributed by atoms with Gasteiger partial charge in [-0.05, 0) is 49.8 Å². The van der Waals surface area contributed by atoms with Crippen molar-refractivity contribution in [3.05, 3.63) is 97.2 Å². The second-order valence-electron chi connectivity index (χ2n) is 6.48. The molecule has 1 aromatic heterocycles. The van der Waals surface area contributed by atoms with Gasteiger partial charge in [-0.3, -0.25) is 0 Å². The predicted octanol–water partition coefficient (Wildman–Crippen LogP) is 7.13. The molecule has 6 nitrogen and oxygen atoms in total. The average Bonchev–Trinajstić information content (AvgIpc) is 3.27. The molecule has 0 unspecified atom stereocenters. The number of benzene rings is 2. The van der Waals surface area contributed by atoms with Crippen molar-refractivity contribution in [1.29, 1.82) is 0 Å². The van der Waals surface area contributed by atoms with Crippen LogP contribution >= 0.6 is 0 Å². The van der Waals surface area contributed by atoms with Crippen LogP contribution in [0.15, 0.2) is 91.2 Å². The molecule has 182 valence electrons. The molecule has 0 aliphatic heterocycles. The first-order valence-electron chi connectivity index (χ1n) is 11.4. The van der Waals surface area contributed by atoms with Gasteiger partial charge in [0.05, 0.1) is 17.4 Å². The molecule has 0 aliphatic carbocycles. The highest BCUT2D eigenvalue weighted by molar-refractivity contribution is 5.81. The van der Waals surface area contributed by atoms with Crippen LogP contribution in [0.1, 0.15) is 52.7 Å². The minimum Gasteiger partial charge on any atom is -0.383 e. The van der Waals surface area contributed by atoms with E-state index in [1.165, 1.54) is 6.21 Å². The first-order valence-corrected chi connectivity index (χ1v) is 11.4. The lowest BCUT2D eigenvalue weighted by molar-refractivity contribution is 0.891. The van der Waals surface area contributed by atoms with Crippen molar-refractivity contribution in [2.75, 3.05) is 11.1 Å². The number of nitrogen functional groups attached to an aromatic ring is 1. The highest BCUT2D eigenvalue weighted by Crippen LogP contribution is 2.25. The molecule has 3 rings (SSSR count). The van der Waals surface area contributed by atoms with Gasteiger partial charge in [0, 0.05) is 17.6 Å². The Labute approximate surface area is 205 Å². The van der Waals surface area contributed by atoms with E-state index >= 15 is 0 Å².